The van der Waals surface area contributed by atoms with Crippen molar-refractivity contribution >= 4 is 11.8 Å². The van der Waals surface area contributed by atoms with E-state index in [1.54, 1.807) is 6.20 Å². The van der Waals surface area contributed by atoms with Crippen LogP contribution in [0.3, 0.4) is 0 Å². The predicted octanol–water partition coefficient (Wildman–Crippen LogP) is 2.17. The zero-order valence-corrected chi connectivity index (χ0v) is 16.6. The average Bonchev–Trinajstić information content (AvgIpc) is 3.26. The zero-order valence-electron chi connectivity index (χ0n) is 16.6. The molecule has 1 aromatic heterocycles. The maximum absolute atomic E-state index is 12.8. The Labute approximate surface area is 160 Å². The third-order valence-electron chi connectivity index (χ3n) is 6.44. The summed E-state index contributed by atoms with van der Waals surface area (Å²) < 4.78 is 6.39. The van der Waals surface area contributed by atoms with Crippen molar-refractivity contribution in [1.29, 1.82) is 0 Å². The molecule has 3 aliphatic rings. The van der Waals surface area contributed by atoms with Gasteiger partial charge < -0.3 is 15.0 Å². The Bertz CT molecular complexity index is 772. The van der Waals surface area contributed by atoms with E-state index >= 15 is 0 Å². The van der Waals surface area contributed by atoms with Crippen LogP contribution in [0.1, 0.15) is 49.7 Å². The maximum atomic E-state index is 12.8. The lowest BCUT2D eigenvalue weighted by molar-refractivity contribution is -0.139. The molecule has 4 atom stereocenters. The van der Waals surface area contributed by atoms with E-state index in [2.05, 4.69) is 10.3 Å². The van der Waals surface area contributed by atoms with E-state index < -0.39 is 0 Å². The van der Waals surface area contributed by atoms with Crippen LogP contribution in [0, 0.1) is 24.2 Å². The molecule has 0 saturated carbocycles. The molecule has 0 unspecified atom stereocenters. The highest BCUT2D eigenvalue weighted by Gasteiger charge is 2.63. The molecule has 2 bridgehead atoms. The van der Waals surface area contributed by atoms with E-state index in [1.165, 1.54) is 0 Å². The molecule has 0 aromatic carbocycles. The summed E-state index contributed by atoms with van der Waals surface area (Å²) in [4.78, 5) is 31.5. The molecule has 6 nitrogen and oxygen atoms in total. The molecule has 4 heterocycles. The fraction of sp³-hybridized carbons (Fsp3) is 0.667. The van der Waals surface area contributed by atoms with Gasteiger partial charge in [-0.05, 0) is 31.4 Å². The second kappa shape index (κ2) is 6.30. The van der Waals surface area contributed by atoms with E-state index in [0.29, 0.717) is 24.7 Å². The van der Waals surface area contributed by atoms with Crippen molar-refractivity contribution in [3.63, 3.8) is 0 Å². The minimum atomic E-state index is -0.381. The third kappa shape index (κ3) is 3.04. The molecular weight excluding hydrogens is 342 g/mol. The minimum absolute atomic E-state index is 0.134. The predicted molar refractivity (Wildman–Crippen MR) is 101 cm³/mol. The highest BCUT2D eigenvalue weighted by molar-refractivity contribution is 5.93. The Balaban J connectivity index is 1.45. The quantitative estimate of drug-likeness (QED) is 0.884. The van der Waals surface area contributed by atoms with Crippen LogP contribution in [0.25, 0.3) is 0 Å². The van der Waals surface area contributed by atoms with Crippen molar-refractivity contribution in [3.05, 3.63) is 29.6 Å². The van der Waals surface area contributed by atoms with Crippen LogP contribution in [-0.4, -0.2) is 53.0 Å². The highest BCUT2D eigenvalue weighted by atomic mass is 16.5. The van der Waals surface area contributed by atoms with Gasteiger partial charge in [-0.3, -0.25) is 14.6 Å². The van der Waals surface area contributed by atoms with Gasteiger partial charge in [0.2, 0.25) is 5.91 Å². The van der Waals surface area contributed by atoms with Crippen LogP contribution >= 0.6 is 0 Å². The second-order valence-electron chi connectivity index (χ2n) is 9.34. The fourth-order valence-electron chi connectivity index (χ4n) is 5.11. The summed E-state index contributed by atoms with van der Waals surface area (Å²) >= 11 is 0. The van der Waals surface area contributed by atoms with Gasteiger partial charge in [0.25, 0.3) is 5.91 Å². The summed E-state index contributed by atoms with van der Waals surface area (Å²) in [6, 6.07) is 3.73. The number of pyridine rings is 1. The highest BCUT2D eigenvalue weighted by Crippen LogP contribution is 2.55. The number of hydrogen-bond donors (Lipinski definition) is 1. The van der Waals surface area contributed by atoms with Gasteiger partial charge in [0, 0.05) is 36.5 Å². The summed E-state index contributed by atoms with van der Waals surface area (Å²) in [5, 5.41) is 3.07. The number of amides is 2. The summed E-state index contributed by atoms with van der Waals surface area (Å²) in [6.45, 7) is 9.78. The average molecular weight is 371 g/mol. The zero-order chi connectivity index (χ0) is 19.4. The number of nitrogens with one attached hydrogen (secondary N) is 1. The van der Waals surface area contributed by atoms with E-state index in [-0.39, 0.29) is 34.9 Å². The fourth-order valence-corrected chi connectivity index (χ4v) is 5.11. The first-order valence-corrected chi connectivity index (χ1v) is 9.88. The molecular formula is C21H29N3O3. The smallest absolute Gasteiger partial charge is 0.270 e. The molecule has 146 valence electrons. The van der Waals surface area contributed by atoms with Gasteiger partial charge >= 0.3 is 0 Å². The Hall–Kier alpha value is -1.95. The first-order chi connectivity index (χ1) is 12.7. The standard InChI is InChI=1S/C21H29N3O3/c1-13-6-5-9-22-17(13)18(25)23-10-14-15-11-24(19(26)20(2,3)4)12-21(15)8-7-16(14)27-21/h5-6,9,14-16H,7-8,10-12H2,1-4H3,(H,23,25)/t14-,15+,16+,21+/m0/s1. The van der Waals surface area contributed by atoms with Crippen LogP contribution in [-0.2, 0) is 9.53 Å². The number of likely N-dealkylation sites (tertiary alicyclic amines) is 1. The molecule has 3 fully saturated rings. The molecule has 0 radical (unpaired) electrons. The van der Waals surface area contributed by atoms with Gasteiger partial charge in [0.05, 0.1) is 18.2 Å². The molecule has 0 aliphatic carbocycles. The number of carbonyl (C=O) groups excluding carboxylic acids is 2. The lowest BCUT2D eigenvalue weighted by Crippen LogP contribution is -2.42. The number of hydrogen-bond acceptors (Lipinski definition) is 4. The number of fused-ring (bicyclic) bond motifs is 1. The van der Waals surface area contributed by atoms with Crippen LogP contribution < -0.4 is 5.32 Å². The summed E-state index contributed by atoms with van der Waals surface area (Å²) in [7, 11) is 0. The topological polar surface area (TPSA) is 71.5 Å². The van der Waals surface area contributed by atoms with Crippen molar-refractivity contribution in [2.24, 2.45) is 17.3 Å². The molecule has 4 rings (SSSR count). The van der Waals surface area contributed by atoms with Crippen LogP contribution in [0.5, 0.6) is 0 Å². The number of rotatable bonds is 3. The van der Waals surface area contributed by atoms with E-state index in [1.807, 2.05) is 44.7 Å². The third-order valence-corrected chi connectivity index (χ3v) is 6.44. The molecule has 1 spiro atoms. The van der Waals surface area contributed by atoms with Gasteiger partial charge in [-0.25, -0.2) is 0 Å². The first kappa shape index (κ1) is 18.4. The Morgan fingerprint density at radius 3 is 2.89 bits per heavy atom. The molecule has 2 amide bonds. The van der Waals surface area contributed by atoms with E-state index in [0.717, 1.165) is 24.9 Å². The minimum Gasteiger partial charge on any atom is -0.369 e. The Morgan fingerprint density at radius 2 is 2.19 bits per heavy atom. The van der Waals surface area contributed by atoms with Crippen molar-refractivity contribution in [2.45, 2.75) is 52.2 Å². The SMILES string of the molecule is Cc1cccnc1C(=O)NC[C@H]1[C@H]2CN(C(=O)C(C)(C)C)C[C@]23CC[C@H]1O3. The Morgan fingerprint density at radius 1 is 1.41 bits per heavy atom. The molecule has 3 saturated heterocycles. The van der Waals surface area contributed by atoms with Gasteiger partial charge in [-0.1, -0.05) is 26.8 Å². The molecule has 1 aromatic rings. The summed E-state index contributed by atoms with van der Waals surface area (Å²) in [5.41, 5.74) is 0.765. The summed E-state index contributed by atoms with van der Waals surface area (Å²) in [6.07, 6.45) is 3.86. The first-order valence-electron chi connectivity index (χ1n) is 9.88. The van der Waals surface area contributed by atoms with Gasteiger partial charge in [0.1, 0.15) is 5.69 Å². The number of carbonyl (C=O) groups is 2. The summed E-state index contributed by atoms with van der Waals surface area (Å²) in [5.74, 6) is 0.605. The normalized spacial score (nSPS) is 31.9. The van der Waals surface area contributed by atoms with Crippen LogP contribution in [0.2, 0.25) is 0 Å². The molecule has 3 aliphatic heterocycles. The van der Waals surface area contributed by atoms with Gasteiger partial charge in [-0.15, -0.1) is 0 Å². The number of aryl methyl sites for hydroxylation is 1. The maximum Gasteiger partial charge on any atom is 0.270 e. The van der Waals surface area contributed by atoms with E-state index in [4.69, 9.17) is 4.74 Å². The van der Waals surface area contributed by atoms with Crippen LogP contribution in [0.4, 0.5) is 0 Å². The van der Waals surface area contributed by atoms with Crippen molar-refractivity contribution in [2.75, 3.05) is 19.6 Å². The Kier molecular flexibility index (Phi) is 4.29. The van der Waals surface area contributed by atoms with Crippen molar-refractivity contribution in [3.8, 4) is 0 Å². The molecule has 6 heteroatoms. The molecule has 1 N–H and O–H groups in total. The monoisotopic (exact) mass is 371 g/mol. The molecule has 27 heavy (non-hydrogen) atoms. The van der Waals surface area contributed by atoms with Gasteiger partial charge in [-0.2, -0.15) is 0 Å². The lowest BCUT2D eigenvalue weighted by atomic mass is 9.73. The number of ether oxygens (including phenoxy) is 1. The number of nitrogens with zero attached hydrogens (tertiary/aromatic N) is 2. The largest absolute Gasteiger partial charge is 0.369 e. The lowest BCUT2D eigenvalue weighted by Gasteiger charge is -2.29. The van der Waals surface area contributed by atoms with Crippen molar-refractivity contribution < 1.29 is 14.3 Å². The van der Waals surface area contributed by atoms with Crippen LogP contribution in [0.15, 0.2) is 18.3 Å². The second-order valence-corrected chi connectivity index (χ2v) is 9.34. The van der Waals surface area contributed by atoms with Gasteiger partial charge in [0.15, 0.2) is 0 Å². The van der Waals surface area contributed by atoms with Crippen molar-refractivity contribution in [1.82, 2.24) is 15.2 Å². The van der Waals surface area contributed by atoms with E-state index in [9.17, 15) is 9.59 Å². The number of aromatic nitrogens is 1.